The van der Waals surface area contributed by atoms with Crippen molar-refractivity contribution >= 4 is 17.6 Å². The molecular weight excluding hydrogens is 515 g/mol. The van der Waals surface area contributed by atoms with Gasteiger partial charge in [0.15, 0.2) is 11.5 Å². The van der Waals surface area contributed by atoms with Crippen LogP contribution in [0.4, 0.5) is 10.1 Å². The van der Waals surface area contributed by atoms with Crippen molar-refractivity contribution in [3.05, 3.63) is 83.7 Å². The van der Waals surface area contributed by atoms with Crippen molar-refractivity contribution < 1.29 is 33.3 Å². The van der Waals surface area contributed by atoms with Gasteiger partial charge in [0.1, 0.15) is 11.6 Å². The van der Waals surface area contributed by atoms with Crippen LogP contribution in [0.3, 0.4) is 0 Å². The molecule has 0 saturated carbocycles. The van der Waals surface area contributed by atoms with Gasteiger partial charge < -0.3 is 24.2 Å². The van der Waals surface area contributed by atoms with E-state index in [1.807, 2.05) is 41.3 Å². The Morgan fingerprint density at radius 1 is 1.05 bits per heavy atom. The molecule has 3 atom stereocenters. The molecule has 0 bridgehead atoms. The Labute approximate surface area is 232 Å². The number of ether oxygens (including phenoxy) is 3. The van der Waals surface area contributed by atoms with E-state index in [9.17, 15) is 19.1 Å². The fourth-order valence-corrected chi connectivity index (χ4v) is 5.68. The minimum Gasteiger partial charge on any atom is -0.497 e. The molecule has 2 heterocycles. The van der Waals surface area contributed by atoms with E-state index in [0.717, 1.165) is 24.1 Å². The molecule has 0 aliphatic carbocycles. The summed E-state index contributed by atoms with van der Waals surface area (Å²) < 4.78 is 30.2. The smallest absolute Gasteiger partial charge is 0.309 e. The van der Waals surface area contributed by atoms with E-state index >= 15 is 0 Å². The minimum absolute atomic E-state index is 0.00615. The van der Waals surface area contributed by atoms with Crippen LogP contribution in [0, 0.1) is 11.7 Å². The van der Waals surface area contributed by atoms with Crippen molar-refractivity contribution in [2.45, 2.75) is 31.7 Å². The fraction of sp³-hybridized carbons (Fsp3) is 0.355. The second-order valence-electron chi connectivity index (χ2n) is 10.1. The van der Waals surface area contributed by atoms with Gasteiger partial charge in [-0.3, -0.25) is 14.5 Å². The van der Waals surface area contributed by atoms with Crippen LogP contribution in [0.25, 0.3) is 0 Å². The van der Waals surface area contributed by atoms with Gasteiger partial charge in [-0.25, -0.2) is 4.39 Å². The molecule has 3 unspecified atom stereocenters. The molecule has 0 radical (unpaired) electrons. The van der Waals surface area contributed by atoms with E-state index in [1.54, 1.807) is 30.2 Å². The lowest BCUT2D eigenvalue weighted by Gasteiger charge is -2.30. The number of nitrogens with zero attached hydrogens (tertiary/aromatic N) is 2. The predicted octanol–water partition coefficient (Wildman–Crippen LogP) is 5.24. The fourth-order valence-electron chi connectivity index (χ4n) is 5.68. The number of carbonyl (C=O) groups is 2. The van der Waals surface area contributed by atoms with Crippen LogP contribution in [-0.2, 0) is 9.59 Å². The number of amides is 1. The van der Waals surface area contributed by atoms with Crippen LogP contribution >= 0.6 is 0 Å². The van der Waals surface area contributed by atoms with Crippen LogP contribution in [0.5, 0.6) is 17.2 Å². The molecule has 1 amide bonds. The maximum Gasteiger partial charge on any atom is 0.309 e. The van der Waals surface area contributed by atoms with Crippen molar-refractivity contribution in [2.75, 3.05) is 38.4 Å². The largest absolute Gasteiger partial charge is 0.497 e. The first-order chi connectivity index (χ1) is 19.4. The number of anilines is 1. The number of methoxy groups -OCH3 is 1. The number of carboxylic acids is 1. The van der Waals surface area contributed by atoms with E-state index in [4.69, 9.17) is 14.2 Å². The van der Waals surface area contributed by atoms with E-state index in [2.05, 4.69) is 6.92 Å². The lowest BCUT2D eigenvalue weighted by Crippen LogP contribution is -2.41. The van der Waals surface area contributed by atoms with Crippen LogP contribution in [0.15, 0.2) is 66.7 Å². The summed E-state index contributed by atoms with van der Waals surface area (Å²) in [6.07, 6.45) is 1.71. The molecule has 3 aromatic rings. The summed E-state index contributed by atoms with van der Waals surface area (Å²) in [5.41, 5.74) is 2.15. The third-order valence-electron chi connectivity index (χ3n) is 7.66. The molecule has 2 aliphatic heterocycles. The second kappa shape index (κ2) is 12.0. The first kappa shape index (κ1) is 27.5. The molecule has 0 spiro atoms. The number of likely N-dealkylation sites (tertiary alicyclic amines) is 1. The van der Waals surface area contributed by atoms with Gasteiger partial charge in [-0.15, -0.1) is 0 Å². The summed E-state index contributed by atoms with van der Waals surface area (Å²) in [7, 11) is 1.58. The molecule has 1 fully saturated rings. The van der Waals surface area contributed by atoms with Gasteiger partial charge in [-0.2, -0.15) is 0 Å². The number of carbonyl (C=O) groups excluding carboxylic acids is 1. The molecule has 210 valence electrons. The number of carboxylic acid groups (broad SMARTS) is 1. The number of hydrogen-bond acceptors (Lipinski definition) is 6. The molecule has 1 N–H and O–H groups in total. The molecule has 40 heavy (non-hydrogen) atoms. The van der Waals surface area contributed by atoms with Crippen LogP contribution in [0.1, 0.15) is 42.9 Å². The van der Waals surface area contributed by atoms with E-state index in [1.165, 1.54) is 12.1 Å². The normalized spacial score (nSPS) is 19.9. The molecule has 9 heteroatoms. The number of fused-ring (bicyclic) bond motifs is 1. The number of unbranched alkanes of at least 4 members (excludes halogenated alkanes) is 1. The van der Waals surface area contributed by atoms with E-state index < -0.39 is 29.7 Å². The SMILES string of the molecule is CCCCN(C(=O)CN1CC(c2ccc3c(c2)OCO3)C(C(=O)O)C1c1ccc(F)cc1)c1cccc(OC)c1. The predicted molar refractivity (Wildman–Crippen MR) is 147 cm³/mol. The third-order valence-corrected chi connectivity index (χ3v) is 7.66. The standard InChI is InChI=1S/C31H33FN2O6/c1-3-4-14-34(23-6-5-7-24(16-23)38-2)28(35)18-33-17-25(21-10-13-26-27(15-21)40-19-39-26)29(31(36)37)30(33)20-8-11-22(32)12-9-20/h5-13,15-16,25,29-30H,3-4,14,17-19H2,1-2H3,(H,36,37). The zero-order valence-electron chi connectivity index (χ0n) is 22.6. The number of benzene rings is 3. The average Bonchev–Trinajstić information content (AvgIpc) is 3.58. The molecule has 5 rings (SSSR count). The highest BCUT2D eigenvalue weighted by atomic mass is 19.1. The number of rotatable bonds is 10. The Morgan fingerprint density at radius 3 is 2.52 bits per heavy atom. The highest BCUT2D eigenvalue weighted by Crippen LogP contribution is 2.47. The van der Waals surface area contributed by atoms with Crippen molar-refractivity contribution in [2.24, 2.45) is 5.92 Å². The molecule has 0 aromatic heterocycles. The Kier molecular flexibility index (Phi) is 8.21. The summed E-state index contributed by atoms with van der Waals surface area (Å²) in [5.74, 6) is -1.03. The maximum absolute atomic E-state index is 13.9. The third kappa shape index (κ3) is 5.60. The van der Waals surface area contributed by atoms with Gasteiger partial charge in [0, 0.05) is 36.8 Å². The van der Waals surface area contributed by atoms with Gasteiger partial charge in [-0.1, -0.05) is 37.6 Å². The van der Waals surface area contributed by atoms with Gasteiger partial charge in [0.05, 0.1) is 19.6 Å². The lowest BCUT2D eigenvalue weighted by molar-refractivity contribution is -0.143. The first-order valence-electron chi connectivity index (χ1n) is 13.5. The Hall–Kier alpha value is -4.11. The summed E-state index contributed by atoms with van der Waals surface area (Å²) >= 11 is 0. The molecule has 3 aromatic carbocycles. The van der Waals surface area contributed by atoms with Crippen molar-refractivity contribution in [1.29, 1.82) is 0 Å². The van der Waals surface area contributed by atoms with E-state index in [0.29, 0.717) is 35.9 Å². The van der Waals surface area contributed by atoms with E-state index in [-0.39, 0.29) is 19.2 Å². The summed E-state index contributed by atoms with van der Waals surface area (Å²) in [4.78, 5) is 30.4. The van der Waals surface area contributed by atoms with Crippen molar-refractivity contribution in [1.82, 2.24) is 4.90 Å². The number of aliphatic carboxylic acids is 1. The number of halogens is 1. The summed E-state index contributed by atoms with van der Waals surface area (Å²) in [5, 5.41) is 10.5. The second-order valence-corrected chi connectivity index (χ2v) is 10.1. The molecule has 8 nitrogen and oxygen atoms in total. The van der Waals surface area contributed by atoms with Crippen LogP contribution < -0.4 is 19.1 Å². The summed E-state index contributed by atoms with van der Waals surface area (Å²) in [6, 6.07) is 18.0. The molecular formula is C31H33FN2O6. The molecule has 1 saturated heterocycles. The van der Waals surface area contributed by atoms with Crippen LogP contribution in [0.2, 0.25) is 0 Å². The van der Waals surface area contributed by atoms with Gasteiger partial charge in [0.25, 0.3) is 0 Å². The van der Waals surface area contributed by atoms with Gasteiger partial charge in [0.2, 0.25) is 12.7 Å². The topological polar surface area (TPSA) is 88.5 Å². The van der Waals surface area contributed by atoms with Crippen molar-refractivity contribution in [3.63, 3.8) is 0 Å². The Morgan fingerprint density at radius 2 is 1.80 bits per heavy atom. The van der Waals surface area contributed by atoms with Crippen molar-refractivity contribution in [3.8, 4) is 17.2 Å². The van der Waals surface area contributed by atoms with Crippen LogP contribution in [-0.4, -0.2) is 55.4 Å². The summed E-state index contributed by atoms with van der Waals surface area (Å²) in [6.45, 7) is 3.01. The zero-order chi connectivity index (χ0) is 28.2. The van der Waals surface area contributed by atoms with Gasteiger partial charge >= 0.3 is 5.97 Å². The zero-order valence-corrected chi connectivity index (χ0v) is 22.6. The minimum atomic E-state index is -0.984. The lowest BCUT2D eigenvalue weighted by atomic mass is 9.83. The quantitative estimate of drug-likeness (QED) is 0.371. The Balaban J connectivity index is 1.50. The molecule has 2 aliphatic rings. The highest BCUT2D eigenvalue weighted by molar-refractivity contribution is 5.95. The first-order valence-corrected chi connectivity index (χ1v) is 13.5. The average molecular weight is 549 g/mol. The maximum atomic E-state index is 13.9. The monoisotopic (exact) mass is 548 g/mol. The Bertz CT molecular complexity index is 1360. The number of hydrogen-bond donors (Lipinski definition) is 1. The van der Waals surface area contributed by atoms with Gasteiger partial charge in [-0.05, 0) is 53.9 Å². The highest BCUT2D eigenvalue weighted by Gasteiger charge is 2.48.